The summed E-state index contributed by atoms with van der Waals surface area (Å²) in [7, 11) is 0. The number of unbranched alkanes of at least 4 members (excludes halogenated alkanes) is 1. The molecule has 0 spiro atoms. The smallest absolute Gasteiger partial charge is 0.335 e. The van der Waals surface area contributed by atoms with Gasteiger partial charge in [0.25, 0.3) is 0 Å². The topological polar surface area (TPSA) is 42.2 Å². The van der Waals surface area contributed by atoms with E-state index in [1.54, 1.807) is 6.07 Å². The van der Waals surface area contributed by atoms with Crippen molar-refractivity contribution >= 4 is 16.9 Å². The number of nitrogens with zero attached hydrogens (tertiary/aromatic N) is 1. The molecule has 3 nitrogen and oxygen atoms in total. The lowest BCUT2D eigenvalue weighted by atomic mass is 9.97. The average Bonchev–Trinajstić information content (AvgIpc) is 2.70. The van der Waals surface area contributed by atoms with Gasteiger partial charge < -0.3 is 9.67 Å². The molecule has 0 saturated carbocycles. The van der Waals surface area contributed by atoms with E-state index in [9.17, 15) is 9.90 Å². The van der Waals surface area contributed by atoms with Gasteiger partial charge in [0.15, 0.2) is 0 Å². The largest absolute Gasteiger partial charge is 0.478 e. The van der Waals surface area contributed by atoms with Crippen LogP contribution in [0.5, 0.6) is 0 Å². The molecule has 0 amide bonds. The van der Waals surface area contributed by atoms with E-state index in [1.165, 1.54) is 11.2 Å². The Kier molecular flexibility index (Phi) is 4.17. The number of carboxylic acids is 1. The molecule has 0 bridgehead atoms. The van der Waals surface area contributed by atoms with Crippen LogP contribution in [0.25, 0.3) is 10.9 Å². The first-order valence-electron chi connectivity index (χ1n) is 7.32. The van der Waals surface area contributed by atoms with Gasteiger partial charge in [-0.2, -0.15) is 0 Å². The van der Waals surface area contributed by atoms with Gasteiger partial charge in [0.1, 0.15) is 0 Å². The molecule has 1 N–H and O–H groups in total. The van der Waals surface area contributed by atoms with Gasteiger partial charge in [-0.25, -0.2) is 4.79 Å². The summed E-state index contributed by atoms with van der Waals surface area (Å²) in [5, 5.41) is 10.3. The van der Waals surface area contributed by atoms with Gasteiger partial charge >= 0.3 is 5.97 Å². The Bertz CT molecular complexity index is 638. The lowest BCUT2D eigenvalue weighted by Crippen LogP contribution is -2.05. The van der Waals surface area contributed by atoms with E-state index < -0.39 is 5.97 Å². The average molecular weight is 273 g/mol. The van der Waals surface area contributed by atoms with Gasteiger partial charge in [0, 0.05) is 17.6 Å². The SMILES string of the molecule is CCCCn1c(C)cc2cc(C(=O)O)cc(C(C)C)c21. The maximum atomic E-state index is 11.3. The number of carbonyl (C=O) groups is 1. The first kappa shape index (κ1) is 14.6. The van der Waals surface area contributed by atoms with Gasteiger partial charge in [-0.1, -0.05) is 27.2 Å². The number of benzene rings is 1. The van der Waals surface area contributed by atoms with Crippen LogP contribution >= 0.6 is 0 Å². The predicted molar refractivity (Wildman–Crippen MR) is 82.6 cm³/mol. The summed E-state index contributed by atoms with van der Waals surface area (Å²) in [5.74, 6) is -0.542. The molecule has 2 aromatic rings. The molecular formula is C17H23NO2. The van der Waals surface area contributed by atoms with Gasteiger partial charge in [0.2, 0.25) is 0 Å². The van der Waals surface area contributed by atoms with Crippen molar-refractivity contribution in [3.05, 3.63) is 35.0 Å². The quantitative estimate of drug-likeness (QED) is 0.867. The molecule has 0 saturated heterocycles. The fraction of sp³-hybridized carbons (Fsp3) is 0.471. The molecule has 3 heteroatoms. The van der Waals surface area contributed by atoms with Crippen LogP contribution in [-0.2, 0) is 6.54 Å². The number of aromatic nitrogens is 1. The van der Waals surface area contributed by atoms with Crippen molar-refractivity contribution in [1.82, 2.24) is 4.57 Å². The molecule has 1 aromatic carbocycles. The number of aryl methyl sites for hydroxylation is 2. The van der Waals surface area contributed by atoms with Crippen LogP contribution in [0.2, 0.25) is 0 Å². The minimum atomic E-state index is -0.854. The van der Waals surface area contributed by atoms with E-state index in [1.807, 2.05) is 6.07 Å². The highest BCUT2D eigenvalue weighted by Gasteiger charge is 2.16. The van der Waals surface area contributed by atoms with Crippen molar-refractivity contribution in [2.75, 3.05) is 0 Å². The number of hydrogen-bond acceptors (Lipinski definition) is 1. The maximum absolute atomic E-state index is 11.3. The standard InChI is InChI=1S/C17H23NO2/c1-5-6-7-18-12(4)8-13-9-14(17(19)20)10-15(11(2)3)16(13)18/h8-11H,5-7H2,1-4H3,(H,19,20). The summed E-state index contributed by atoms with van der Waals surface area (Å²) < 4.78 is 2.33. The summed E-state index contributed by atoms with van der Waals surface area (Å²) in [6.07, 6.45) is 2.30. The van der Waals surface area contributed by atoms with E-state index >= 15 is 0 Å². The zero-order valence-electron chi connectivity index (χ0n) is 12.7. The highest BCUT2D eigenvalue weighted by molar-refractivity contribution is 5.95. The van der Waals surface area contributed by atoms with Crippen molar-refractivity contribution in [3.63, 3.8) is 0 Å². The van der Waals surface area contributed by atoms with Crippen molar-refractivity contribution in [3.8, 4) is 0 Å². The molecule has 0 aliphatic rings. The number of fused-ring (bicyclic) bond motifs is 1. The van der Waals surface area contributed by atoms with Crippen LogP contribution in [0.3, 0.4) is 0 Å². The van der Waals surface area contributed by atoms with E-state index in [0.717, 1.165) is 30.3 Å². The molecular weight excluding hydrogens is 250 g/mol. The first-order chi connectivity index (χ1) is 9.45. The molecule has 0 atom stereocenters. The van der Waals surface area contributed by atoms with Gasteiger partial charge in [-0.3, -0.25) is 0 Å². The summed E-state index contributed by atoms with van der Waals surface area (Å²) in [6, 6.07) is 5.72. The second-order valence-electron chi connectivity index (χ2n) is 5.75. The number of aromatic carboxylic acids is 1. The van der Waals surface area contributed by atoms with Crippen LogP contribution < -0.4 is 0 Å². The molecule has 108 valence electrons. The van der Waals surface area contributed by atoms with E-state index in [-0.39, 0.29) is 0 Å². The summed E-state index contributed by atoms with van der Waals surface area (Å²) in [5.41, 5.74) is 3.92. The predicted octanol–water partition coefficient (Wildman–Crippen LogP) is 4.57. The maximum Gasteiger partial charge on any atom is 0.335 e. The monoisotopic (exact) mass is 273 g/mol. The summed E-state index contributed by atoms with van der Waals surface area (Å²) in [6.45, 7) is 9.52. The van der Waals surface area contributed by atoms with Crippen molar-refractivity contribution < 1.29 is 9.90 Å². The van der Waals surface area contributed by atoms with E-state index in [0.29, 0.717) is 11.5 Å². The lowest BCUT2D eigenvalue weighted by Gasteiger charge is -2.14. The third-order valence-corrected chi connectivity index (χ3v) is 3.83. The molecule has 2 rings (SSSR count). The highest BCUT2D eigenvalue weighted by atomic mass is 16.4. The molecule has 0 aliphatic heterocycles. The zero-order valence-corrected chi connectivity index (χ0v) is 12.7. The lowest BCUT2D eigenvalue weighted by molar-refractivity contribution is 0.0697. The minimum absolute atomic E-state index is 0.312. The Hall–Kier alpha value is -1.77. The molecule has 0 aliphatic carbocycles. The Labute approximate surface area is 120 Å². The molecule has 1 heterocycles. The van der Waals surface area contributed by atoms with Crippen LogP contribution in [-0.4, -0.2) is 15.6 Å². The second-order valence-corrected chi connectivity index (χ2v) is 5.75. The fourth-order valence-electron chi connectivity index (χ4n) is 2.75. The third-order valence-electron chi connectivity index (χ3n) is 3.83. The number of hydrogen-bond donors (Lipinski definition) is 1. The van der Waals surface area contributed by atoms with Crippen LogP contribution in [0.4, 0.5) is 0 Å². The highest BCUT2D eigenvalue weighted by Crippen LogP contribution is 2.30. The van der Waals surface area contributed by atoms with Gasteiger partial charge in [-0.05, 0) is 43.0 Å². The third kappa shape index (κ3) is 2.58. The Morgan fingerprint density at radius 3 is 2.55 bits per heavy atom. The summed E-state index contributed by atoms with van der Waals surface area (Å²) >= 11 is 0. The Morgan fingerprint density at radius 2 is 2.00 bits per heavy atom. The molecule has 20 heavy (non-hydrogen) atoms. The second kappa shape index (κ2) is 5.70. The Morgan fingerprint density at radius 1 is 1.30 bits per heavy atom. The molecule has 1 aromatic heterocycles. The van der Waals surface area contributed by atoms with E-state index in [4.69, 9.17) is 0 Å². The minimum Gasteiger partial charge on any atom is -0.478 e. The van der Waals surface area contributed by atoms with Gasteiger partial charge in [-0.15, -0.1) is 0 Å². The first-order valence-corrected chi connectivity index (χ1v) is 7.32. The fourth-order valence-corrected chi connectivity index (χ4v) is 2.75. The van der Waals surface area contributed by atoms with Crippen molar-refractivity contribution in [2.45, 2.75) is 53.0 Å². The molecule has 0 fully saturated rings. The normalized spacial score (nSPS) is 11.4. The summed E-state index contributed by atoms with van der Waals surface area (Å²) in [4.78, 5) is 11.3. The van der Waals surface area contributed by atoms with Crippen LogP contribution in [0, 0.1) is 6.92 Å². The van der Waals surface area contributed by atoms with Gasteiger partial charge in [0.05, 0.1) is 11.1 Å². The van der Waals surface area contributed by atoms with Crippen molar-refractivity contribution in [1.29, 1.82) is 0 Å². The number of rotatable bonds is 5. The van der Waals surface area contributed by atoms with Crippen LogP contribution in [0.15, 0.2) is 18.2 Å². The number of carboxylic acid groups (broad SMARTS) is 1. The van der Waals surface area contributed by atoms with Crippen LogP contribution in [0.1, 0.15) is 61.1 Å². The van der Waals surface area contributed by atoms with Crippen molar-refractivity contribution in [2.24, 2.45) is 0 Å². The zero-order chi connectivity index (χ0) is 14.9. The molecule has 0 unspecified atom stereocenters. The molecule has 0 radical (unpaired) electrons. The Balaban J connectivity index is 2.70. The van der Waals surface area contributed by atoms with E-state index in [2.05, 4.69) is 38.3 Å².